The summed E-state index contributed by atoms with van der Waals surface area (Å²) < 4.78 is 0. The van der Waals surface area contributed by atoms with Crippen LogP contribution in [0.2, 0.25) is 0 Å². The molecule has 7 nitrogen and oxygen atoms in total. The van der Waals surface area contributed by atoms with E-state index in [0.717, 1.165) is 11.3 Å². The summed E-state index contributed by atoms with van der Waals surface area (Å²) in [6, 6.07) is 12.0. The third-order valence-electron chi connectivity index (χ3n) is 5.30. The number of para-hydroxylation sites is 1. The summed E-state index contributed by atoms with van der Waals surface area (Å²) in [6.07, 6.45) is 6.64. The Balaban J connectivity index is 1.60. The molecular formula is C23H21ClN6O. The number of nitrogen functional groups attached to an aromatic ring is 1. The average molecular weight is 433 g/mol. The van der Waals surface area contributed by atoms with Crippen LogP contribution in [0.1, 0.15) is 24.1 Å². The summed E-state index contributed by atoms with van der Waals surface area (Å²) in [4.78, 5) is 22.8. The fourth-order valence-electron chi connectivity index (χ4n) is 3.79. The van der Waals surface area contributed by atoms with E-state index in [1.54, 1.807) is 13.0 Å². The van der Waals surface area contributed by atoms with E-state index in [0.29, 0.717) is 47.1 Å². The summed E-state index contributed by atoms with van der Waals surface area (Å²) in [5.41, 5.74) is 9.05. The molecule has 1 aliphatic carbocycles. The quantitative estimate of drug-likeness (QED) is 0.738. The zero-order valence-electron chi connectivity index (χ0n) is 17.0. The maximum absolute atomic E-state index is 12.5. The van der Waals surface area contributed by atoms with E-state index < -0.39 is 0 Å². The zero-order valence-corrected chi connectivity index (χ0v) is 17.7. The molecule has 1 aromatic heterocycles. The second kappa shape index (κ2) is 8.62. The maximum atomic E-state index is 12.5. The van der Waals surface area contributed by atoms with Crippen LogP contribution in [0, 0.1) is 18.3 Å². The van der Waals surface area contributed by atoms with E-state index >= 15 is 0 Å². The van der Waals surface area contributed by atoms with Crippen molar-refractivity contribution in [1.29, 1.82) is 5.26 Å². The molecule has 0 amide bonds. The number of anilines is 3. The standard InChI is InChI=1S/C23H21ClN6O/c1-14-18(12-25)22(29-23(26)28-14)27-10-9-16-11-17-19(20(24)7-8-21(17)31)13-30(16)15-5-3-2-4-6-15/h2-7,11,13,16H,8-10H2,1H3,(H3,26,27,28,29)/t16-/m0/s1. The van der Waals surface area contributed by atoms with Gasteiger partial charge in [0.2, 0.25) is 5.95 Å². The number of fused-ring (bicyclic) bond motifs is 1. The first-order valence-corrected chi connectivity index (χ1v) is 10.3. The molecule has 0 bridgehead atoms. The highest BCUT2D eigenvalue weighted by atomic mass is 35.5. The van der Waals surface area contributed by atoms with Crippen molar-refractivity contribution in [2.24, 2.45) is 0 Å². The number of nitrogens with one attached hydrogen (secondary N) is 1. The lowest BCUT2D eigenvalue weighted by atomic mass is 9.89. The van der Waals surface area contributed by atoms with Gasteiger partial charge in [0.15, 0.2) is 5.78 Å². The molecule has 2 aliphatic rings. The molecule has 0 spiro atoms. The SMILES string of the molecule is Cc1nc(N)nc(NCC[C@H]2C=C3C(=O)CC=C(Cl)C3=CN2c2ccccc2)c1C#N. The second-order valence-corrected chi connectivity index (χ2v) is 7.74. The van der Waals surface area contributed by atoms with E-state index in [4.69, 9.17) is 17.3 Å². The molecule has 1 aliphatic heterocycles. The van der Waals surface area contributed by atoms with Gasteiger partial charge >= 0.3 is 0 Å². The van der Waals surface area contributed by atoms with Crippen LogP contribution < -0.4 is 16.0 Å². The number of aryl methyl sites for hydroxylation is 1. The molecule has 4 rings (SSSR count). The third kappa shape index (κ3) is 4.16. The molecule has 1 atom stereocenters. The minimum atomic E-state index is -0.0778. The van der Waals surface area contributed by atoms with Crippen LogP contribution in [0.3, 0.4) is 0 Å². The number of aromatic nitrogens is 2. The van der Waals surface area contributed by atoms with Crippen LogP contribution in [0.4, 0.5) is 17.5 Å². The van der Waals surface area contributed by atoms with Crippen LogP contribution in [0.25, 0.3) is 0 Å². The van der Waals surface area contributed by atoms with Gasteiger partial charge in [0.25, 0.3) is 0 Å². The van der Waals surface area contributed by atoms with Gasteiger partial charge in [0.05, 0.1) is 11.7 Å². The number of hydrogen-bond donors (Lipinski definition) is 2. The topological polar surface area (TPSA) is 108 Å². The van der Waals surface area contributed by atoms with Crippen molar-refractivity contribution in [2.45, 2.75) is 25.8 Å². The first-order chi connectivity index (χ1) is 15.0. The fourth-order valence-corrected chi connectivity index (χ4v) is 4.01. The minimum Gasteiger partial charge on any atom is -0.369 e. The van der Waals surface area contributed by atoms with E-state index in [1.807, 2.05) is 42.6 Å². The number of nitrogens with two attached hydrogens (primary N) is 1. The van der Waals surface area contributed by atoms with Crippen LogP contribution >= 0.6 is 11.6 Å². The molecule has 31 heavy (non-hydrogen) atoms. The van der Waals surface area contributed by atoms with E-state index in [1.165, 1.54) is 0 Å². The summed E-state index contributed by atoms with van der Waals surface area (Å²) in [6.45, 7) is 2.24. The highest BCUT2D eigenvalue weighted by Crippen LogP contribution is 2.36. The van der Waals surface area contributed by atoms with E-state index in [-0.39, 0.29) is 17.8 Å². The van der Waals surface area contributed by atoms with Gasteiger partial charge in [-0.25, -0.2) is 4.98 Å². The lowest BCUT2D eigenvalue weighted by Gasteiger charge is -2.35. The lowest BCUT2D eigenvalue weighted by Crippen LogP contribution is -2.36. The Morgan fingerprint density at radius 3 is 2.81 bits per heavy atom. The highest BCUT2D eigenvalue weighted by Gasteiger charge is 2.29. The number of rotatable bonds is 5. The molecule has 8 heteroatoms. The number of benzene rings is 1. The molecule has 1 aromatic carbocycles. The minimum absolute atomic E-state index is 0.0623. The van der Waals surface area contributed by atoms with Gasteiger partial charge in [-0.1, -0.05) is 42.0 Å². The van der Waals surface area contributed by atoms with Crippen molar-refractivity contribution in [3.8, 4) is 6.07 Å². The van der Waals surface area contributed by atoms with Crippen LogP contribution in [-0.4, -0.2) is 28.3 Å². The van der Waals surface area contributed by atoms with E-state index in [9.17, 15) is 10.1 Å². The maximum Gasteiger partial charge on any atom is 0.222 e. The largest absolute Gasteiger partial charge is 0.369 e. The average Bonchev–Trinajstić information content (AvgIpc) is 2.76. The lowest BCUT2D eigenvalue weighted by molar-refractivity contribution is -0.114. The number of Topliss-reactive ketones (excluding diaryl/α,β-unsaturated/α-hetero) is 1. The summed E-state index contributed by atoms with van der Waals surface area (Å²) in [5.74, 6) is 0.594. The van der Waals surface area contributed by atoms with Crippen molar-refractivity contribution in [3.63, 3.8) is 0 Å². The number of carbonyl (C=O) groups is 1. The van der Waals surface area contributed by atoms with E-state index in [2.05, 4.69) is 26.3 Å². The monoisotopic (exact) mass is 432 g/mol. The molecule has 0 unspecified atom stereocenters. The molecule has 0 saturated heterocycles. The zero-order chi connectivity index (χ0) is 22.0. The molecule has 0 saturated carbocycles. The molecule has 2 heterocycles. The number of nitrogens with zero attached hydrogens (tertiary/aromatic N) is 4. The molecule has 2 aromatic rings. The second-order valence-electron chi connectivity index (χ2n) is 7.33. The Morgan fingerprint density at radius 1 is 1.29 bits per heavy atom. The molecule has 0 radical (unpaired) electrons. The number of carbonyl (C=O) groups excluding carboxylic acids is 1. The van der Waals surface area contributed by atoms with Crippen LogP contribution in [0.5, 0.6) is 0 Å². The van der Waals surface area contributed by atoms with Gasteiger partial charge in [0, 0.05) is 41.0 Å². The highest BCUT2D eigenvalue weighted by molar-refractivity contribution is 6.34. The Bertz CT molecular complexity index is 1160. The van der Waals surface area contributed by atoms with Gasteiger partial charge < -0.3 is 16.0 Å². The molecular weight excluding hydrogens is 412 g/mol. The smallest absolute Gasteiger partial charge is 0.222 e. The van der Waals surface area contributed by atoms with Crippen LogP contribution in [0.15, 0.2) is 64.9 Å². The number of nitriles is 1. The molecule has 0 fully saturated rings. The number of ketones is 1. The molecule has 3 N–H and O–H groups in total. The summed E-state index contributed by atoms with van der Waals surface area (Å²) >= 11 is 6.41. The number of allylic oxidation sites excluding steroid dienone is 4. The number of hydrogen-bond acceptors (Lipinski definition) is 7. The van der Waals surface area contributed by atoms with Crippen molar-refractivity contribution in [2.75, 3.05) is 22.5 Å². The Kier molecular flexibility index (Phi) is 5.74. The first kappa shape index (κ1) is 20.6. The Hall–Kier alpha value is -3.63. The summed E-state index contributed by atoms with van der Waals surface area (Å²) in [5, 5.41) is 13.2. The predicted octanol–water partition coefficient (Wildman–Crippen LogP) is 3.84. The normalized spacial score (nSPS) is 17.8. The van der Waals surface area contributed by atoms with Crippen molar-refractivity contribution >= 4 is 34.8 Å². The van der Waals surface area contributed by atoms with Gasteiger partial charge in [-0.2, -0.15) is 10.2 Å². The van der Waals surface area contributed by atoms with Crippen molar-refractivity contribution < 1.29 is 4.79 Å². The predicted molar refractivity (Wildman–Crippen MR) is 121 cm³/mol. The summed E-state index contributed by atoms with van der Waals surface area (Å²) in [7, 11) is 0. The Morgan fingerprint density at radius 2 is 2.06 bits per heavy atom. The third-order valence-corrected chi connectivity index (χ3v) is 5.66. The van der Waals surface area contributed by atoms with Gasteiger partial charge in [-0.3, -0.25) is 4.79 Å². The molecule has 156 valence electrons. The number of halogens is 1. The van der Waals surface area contributed by atoms with Gasteiger partial charge in [-0.15, -0.1) is 0 Å². The van der Waals surface area contributed by atoms with Gasteiger partial charge in [0.1, 0.15) is 17.5 Å². The fraction of sp³-hybridized carbons (Fsp3) is 0.217. The first-order valence-electron chi connectivity index (χ1n) is 9.92. The van der Waals surface area contributed by atoms with Gasteiger partial charge in [-0.05, 0) is 25.5 Å². The van der Waals surface area contributed by atoms with Crippen molar-refractivity contribution in [3.05, 3.63) is 76.1 Å². The Labute approximate surface area is 185 Å². The van der Waals surface area contributed by atoms with Crippen molar-refractivity contribution in [1.82, 2.24) is 9.97 Å². The van der Waals surface area contributed by atoms with Crippen LogP contribution in [-0.2, 0) is 4.79 Å².